The number of ether oxygens (including phenoxy) is 1. The van der Waals surface area contributed by atoms with Crippen LogP contribution >= 0.6 is 0 Å². The fourth-order valence-corrected chi connectivity index (χ4v) is 2.78. The molecule has 0 spiro atoms. The molecule has 1 saturated carbocycles. The molecule has 1 aromatic rings. The molecular weight excluding hydrogens is 252 g/mol. The third kappa shape index (κ3) is 3.97. The van der Waals surface area contributed by atoms with Crippen LogP contribution in [0.2, 0.25) is 0 Å². The van der Waals surface area contributed by atoms with E-state index in [1.807, 2.05) is 24.3 Å². The Kier molecular flexibility index (Phi) is 5.41. The number of hydrogen-bond donors (Lipinski definition) is 2. The van der Waals surface area contributed by atoms with E-state index in [1.54, 1.807) is 7.11 Å². The topological polar surface area (TPSA) is 50.4 Å². The van der Waals surface area contributed by atoms with Crippen LogP contribution in [0.3, 0.4) is 0 Å². The Labute approximate surface area is 120 Å². The average Bonchev–Trinajstić information content (AvgIpc) is 2.44. The number of anilines is 1. The lowest BCUT2D eigenvalue weighted by Gasteiger charge is -2.29. The second-order valence-corrected chi connectivity index (χ2v) is 5.56. The average molecular weight is 276 g/mol. The summed E-state index contributed by atoms with van der Waals surface area (Å²) >= 11 is 0. The Morgan fingerprint density at radius 3 is 2.80 bits per heavy atom. The first-order valence-corrected chi connectivity index (χ1v) is 7.35. The van der Waals surface area contributed by atoms with E-state index in [1.165, 1.54) is 19.3 Å². The van der Waals surface area contributed by atoms with Gasteiger partial charge in [-0.3, -0.25) is 0 Å². The van der Waals surface area contributed by atoms with Crippen LogP contribution in [-0.2, 0) is 11.3 Å². The van der Waals surface area contributed by atoms with Gasteiger partial charge in [-0.05, 0) is 24.8 Å². The summed E-state index contributed by atoms with van der Waals surface area (Å²) in [5, 5.41) is 6.03. The van der Waals surface area contributed by atoms with Crippen molar-refractivity contribution < 1.29 is 9.53 Å². The highest BCUT2D eigenvalue weighted by Crippen LogP contribution is 2.24. The summed E-state index contributed by atoms with van der Waals surface area (Å²) in [5.74, 6) is 0.559. The molecule has 0 aromatic heterocycles. The lowest BCUT2D eigenvalue weighted by Crippen LogP contribution is -2.43. The molecule has 0 unspecified atom stereocenters. The van der Waals surface area contributed by atoms with Gasteiger partial charge in [-0.1, -0.05) is 38.0 Å². The number of rotatable bonds is 4. The second kappa shape index (κ2) is 7.29. The highest BCUT2D eigenvalue weighted by Gasteiger charge is 2.22. The molecule has 1 fully saturated rings. The molecule has 1 aromatic carbocycles. The zero-order valence-corrected chi connectivity index (χ0v) is 12.3. The molecule has 0 heterocycles. The fraction of sp³-hybridized carbons (Fsp3) is 0.562. The molecular formula is C16H24N2O2. The largest absolute Gasteiger partial charge is 0.380 e. The highest BCUT2D eigenvalue weighted by atomic mass is 16.5. The van der Waals surface area contributed by atoms with Crippen LogP contribution in [0.1, 0.15) is 38.2 Å². The quantitative estimate of drug-likeness (QED) is 0.883. The Hall–Kier alpha value is -1.55. The maximum absolute atomic E-state index is 12.1. The van der Waals surface area contributed by atoms with E-state index >= 15 is 0 Å². The van der Waals surface area contributed by atoms with Crippen molar-refractivity contribution in [3.05, 3.63) is 29.8 Å². The van der Waals surface area contributed by atoms with Crippen molar-refractivity contribution in [2.75, 3.05) is 12.4 Å². The van der Waals surface area contributed by atoms with Gasteiger partial charge in [0.25, 0.3) is 0 Å². The van der Waals surface area contributed by atoms with Crippen molar-refractivity contribution in [1.29, 1.82) is 0 Å². The van der Waals surface area contributed by atoms with Crippen LogP contribution < -0.4 is 10.6 Å². The molecule has 110 valence electrons. The molecule has 2 amide bonds. The molecule has 2 atom stereocenters. The summed E-state index contributed by atoms with van der Waals surface area (Å²) in [4.78, 5) is 12.1. The first-order valence-electron chi connectivity index (χ1n) is 7.35. The zero-order chi connectivity index (χ0) is 14.4. The van der Waals surface area contributed by atoms with E-state index in [-0.39, 0.29) is 6.03 Å². The van der Waals surface area contributed by atoms with Crippen molar-refractivity contribution >= 4 is 11.7 Å². The maximum Gasteiger partial charge on any atom is 0.319 e. The van der Waals surface area contributed by atoms with Gasteiger partial charge in [0.15, 0.2) is 0 Å². The summed E-state index contributed by atoms with van der Waals surface area (Å²) in [6.07, 6.45) is 4.76. The van der Waals surface area contributed by atoms with Crippen LogP contribution in [0.25, 0.3) is 0 Å². The number of hydrogen-bond acceptors (Lipinski definition) is 2. The molecule has 0 radical (unpaired) electrons. The van der Waals surface area contributed by atoms with Gasteiger partial charge in [0, 0.05) is 24.4 Å². The molecule has 1 aliphatic rings. The summed E-state index contributed by atoms with van der Waals surface area (Å²) in [6, 6.07) is 7.89. The smallest absolute Gasteiger partial charge is 0.319 e. The van der Waals surface area contributed by atoms with E-state index < -0.39 is 0 Å². The Bertz CT molecular complexity index is 448. The minimum absolute atomic E-state index is 0.118. The summed E-state index contributed by atoms with van der Waals surface area (Å²) in [7, 11) is 1.65. The zero-order valence-electron chi connectivity index (χ0n) is 12.3. The molecule has 20 heavy (non-hydrogen) atoms. The van der Waals surface area contributed by atoms with Gasteiger partial charge in [0.2, 0.25) is 0 Å². The van der Waals surface area contributed by atoms with E-state index in [2.05, 4.69) is 17.6 Å². The SMILES string of the molecule is COCc1ccccc1NC(=O)N[C@H]1CCCC[C@@H]1C. The lowest BCUT2D eigenvalue weighted by molar-refractivity contribution is 0.185. The van der Waals surface area contributed by atoms with E-state index in [9.17, 15) is 4.79 Å². The van der Waals surface area contributed by atoms with Crippen LogP contribution in [0.4, 0.5) is 10.5 Å². The summed E-state index contributed by atoms with van der Waals surface area (Å²) in [5.41, 5.74) is 1.80. The number of amides is 2. The third-order valence-electron chi connectivity index (χ3n) is 3.99. The molecule has 2 rings (SSSR count). The van der Waals surface area contributed by atoms with Crippen LogP contribution in [0.5, 0.6) is 0 Å². The Morgan fingerprint density at radius 2 is 2.05 bits per heavy atom. The summed E-state index contributed by atoms with van der Waals surface area (Å²) < 4.78 is 5.15. The van der Waals surface area contributed by atoms with Crippen molar-refractivity contribution in [2.45, 2.75) is 45.3 Å². The Balaban J connectivity index is 1.94. The van der Waals surface area contributed by atoms with Gasteiger partial charge in [0.1, 0.15) is 0 Å². The number of carbonyl (C=O) groups excluding carboxylic acids is 1. The predicted octanol–water partition coefficient (Wildman–Crippen LogP) is 3.53. The van der Waals surface area contributed by atoms with E-state index in [0.29, 0.717) is 18.6 Å². The van der Waals surface area contributed by atoms with E-state index in [0.717, 1.165) is 17.7 Å². The summed E-state index contributed by atoms with van der Waals surface area (Å²) in [6.45, 7) is 2.71. The minimum atomic E-state index is -0.118. The predicted molar refractivity (Wildman–Crippen MR) is 80.7 cm³/mol. The number of benzene rings is 1. The van der Waals surface area contributed by atoms with Gasteiger partial charge in [0.05, 0.1) is 6.61 Å². The highest BCUT2D eigenvalue weighted by molar-refractivity contribution is 5.90. The first-order chi connectivity index (χ1) is 9.70. The van der Waals surface area contributed by atoms with Crippen LogP contribution in [0.15, 0.2) is 24.3 Å². The van der Waals surface area contributed by atoms with Crippen molar-refractivity contribution in [3.8, 4) is 0 Å². The lowest BCUT2D eigenvalue weighted by atomic mass is 9.86. The number of nitrogens with one attached hydrogen (secondary N) is 2. The monoisotopic (exact) mass is 276 g/mol. The van der Waals surface area contributed by atoms with Crippen molar-refractivity contribution in [2.24, 2.45) is 5.92 Å². The maximum atomic E-state index is 12.1. The molecule has 0 bridgehead atoms. The molecule has 4 nitrogen and oxygen atoms in total. The third-order valence-corrected chi connectivity index (χ3v) is 3.99. The number of carbonyl (C=O) groups is 1. The molecule has 4 heteroatoms. The van der Waals surface area contributed by atoms with Gasteiger partial charge < -0.3 is 15.4 Å². The molecule has 0 saturated heterocycles. The number of methoxy groups -OCH3 is 1. The fourth-order valence-electron chi connectivity index (χ4n) is 2.78. The normalized spacial score (nSPS) is 22.3. The molecule has 0 aliphatic heterocycles. The van der Waals surface area contributed by atoms with Gasteiger partial charge in [-0.2, -0.15) is 0 Å². The van der Waals surface area contributed by atoms with Crippen LogP contribution in [-0.4, -0.2) is 19.2 Å². The van der Waals surface area contributed by atoms with Crippen molar-refractivity contribution in [1.82, 2.24) is 5.32 Å². The van der Waals surface area contributed by atoms with Gasteiger partial charge in [-0.15, -0.1) is 0 Å². The first kappa shape index (κ1) is 14.9. The van der Waals surface area contributed by atoms with Crippen LogP contribution in [0, 0.1) is 5.92 Å². The number of para-hydroxylation sites is 1. The molecule has 1 aliphatic carbocycles. The van der Waals surface area contributed by atoms with Crippen molar-refractivity contribution in [3.63, 3.8) is 0 Å². The van der Waals surface area contributed by atoms with E-state index in [4.69, 9.17) is 4.74 Å². The molecule has 2 N–H and O–H groups in total. The number of urea groups is 1. The minimum Gasteiger partial charge on any atom is -0.380 e. The Morgan fingerprint density at radius 1 is 1.30 bits per heavy atom. The second-order valence-electron chi connectivity index (χ2n) is 5.56. The standard InChI is InChI=1S/C16H24N2O2/c1-12-7-3-5-9-14(12)17-16(19)18-15-10-6-4-8-13(15)11-20-2/h4,6,8,10,12,14H,3,5,7,9,11H2,1-2H3,(H2,17,18,19)/t12-,14-/m0/s1. The van der Waals surface area contributed by atoms with Gasteiger partial charge >= 0.3 is 6.03 Å². The van der Waals surface area contributed by atoms with Gasteiger partial charge in [-0.25, -0.2) is 4.79 Å².